The quantitative estimate of drug-likeness (QED) is 0.778. The van der Waals surface area contributed by atoms with Gasteiger partial charge in [0.25, 0.3) is 0 Å². The van der Waals surface area contributed by atoms with Crippen molar-refractivity contribution in [3.8, 4) is 11.1 Å². The molecule has 1 aliphatic heterocycles. The third-order valence-electron chi connectivity index (χ3n) is 4.92. The van der Waals surface area contributed by atoms with Crippen LogP contribution in [0.5, 0.6) is 0 Å². The van der Waals surface area contributed by atoms with Crippen LogP contribution < -0.4 is 10.2 Å². The SMILES string of the molecule is CC(=O)N1c2ccc(-c3cnn(CC(=O)O)c3)cc2[C@H](NC(=O)OC(C)C)C[C@@H]1C. The largest absolute Gasteiger partial charge is 0.480 e. The second-order valence-electron chi connectivity index (χ2n) is 7.72. The van der Waals surface area contributed by atoms with E-state index in [1.165, 1.54) is 11.6 Å². The van der Waals surface area contributed by atoms with Crippen molar-refractivity contribution < 1.29 is 24.2 Å². The van der Waals surface area contributed by atoms with Gasteiger partial charge in [-0.3, -0.25) is 14.3 Å². The molecule has 2 amide bonds. The first-order chi connectivity index (χ1) is 14.2. The van der Waals surface area contributed by atoms with Crippen molar-refractivity contribution in [1.82, 2.24) is 15.1 Å². The molecule has 2 N–H and O–H groups in total. The zero-order chi connectivity index (χ0) is 22.0. The number of carbonyl (C=O) groups is 3. The van der Waals surface area contributed by atoms with E-state index in [-0.39, 0.29) is 30.6 Å². The number of hydrogen-bond acceptors (Lipinski definition) is 5. The third kappa shape index (κ3) is 4.61. The molecule has 2 aromatic rings. The molecule has 0 saturated carbocycles. The zero-order valence-corrected chi connectivity index (χ0v) is 17.5. The van der Waals surface area contributed by atoms with Gasteiger partial charge < -0.3 is 20.1 Å². The lowest BCUT2D eigenvalue weighted by molar-refractivity contribution is -0.137. The summed E-state index contributed by atoms with van der Waals surface area (Å²) in [6.07, 6.45) is 3.03. The summed E-state index contributed by atoms with van der Waals surface area (Å²) in [4.78, 5) is 37.1. The summed E-state index contributed by atoms with van der Waals surface area (Å²) in [5, 5.41) is 15.9. The molecule has 1 aromatic carbocycles. The normalized spacial score (nSPS) is 18.1. The molecule has 1 aromatic heterocycles. The number of aliphatic carboxylic acids is 1. The first-order valence-electron chi connectivity index (χ1n) is 9.81. The van der Waals surface area contributed by atoms with E-state index in [1.807, 2.05) is 25.1 Å². The maximum Gasteiger partial charge on any atom is 0.407 e. The molecule has 0 radical (unpaired) electrons. The van der Waals surface area contributed by atoms with Crippen molar-refractivity contribution in [2.24, 2.45) is 0 Å². The van der Waals surface area contributed by atoms with Crippen molar-refractivity contribution in [3.05, 3.63) is 36.2 Å². The first-order valence-corrected chi connectivity index (χ1v) is 9.81. The van der Waals surface area contributed by atoms with E-state index in [0.717, 1.165) is 22.4 Å². The number of alkyl carbamates (subject to hydrolysis) is 1. The Labute approximate surface area is 174 Å². The number of hydrogen-bond donors (Lipinski definition) is 2. The Balaban J connectivity index is 1.98. The Hall–Kier alpha value is -3.36. The summed E-state index contributed by atoms with van der Waals surface area (Å²) in [6, 6.07) is 5.19. The summed E-state index contributed by atoms with van der Waals surface area (Å²) in [5.74, 6) is -1.05. The Morgan fingerprint density at radius 3 is 2.67 bits per heavy atom. The zero-order valence-electron chi connectivity index (χ0n) is 17.5. The van der Waals surface area contributed by atoms with Gasteiger partial charge in [-0.05, 0) is 50.5 Å². The topological polar surface area (TPSA) is 114 Å². The molecular weight excluding hydrogens is 388 g/mol. The number of anilines is 1. The number of carbonyl (C=O) groups excluding carboxylic acids is 2. The molecule has 9 nitrogen and oxygen atoms in total. The van der Waals surface area contributed by atoms with Crippen LogP contribution in [0.25, 0.3) is 11.1 Å². The Bertz CT molecular complexity index is 968. The van der Waals surface area contributed by atoms with Crippen LogP contribution in [-0.4, -0.2) is 45.0 Å². The number of fused-ring (bicyclic) bond motifs is 1. The fourth-order valence-corrected chi connectivity index (χ4v) is 3.79. The summed E-state index contributed by atoms with van der Waals surface area (Å²) >= 11 is 0. The van der Waals surface area contributed by atoms with Gasteiger partial charge in [-0.25, -0.2) is 4.79 Å². The van der Waals surface area contributed by atoms with Gasteiger partial charge in [0, 0.05) is 30.4 Å². The molecule has 30 heavy (non-hydrogen) atoms. The number of aromatic nitrogens is 2. The number of carboxylic acid groups (broad SMARTS) is 1. The number of ether oxygens (including phenoxy) is 1. The third-order valence-corrected chi connectivity index (χ3v) is 4.92. The van der Waals surface area contributed by atoms with Crippen LogP contribution in [0.1, 0.15) is 45.7 Å². The fourth-order valence-electron chi connectivity index (χ4n) is 3.79. The van der Waals surface area contributed by atoms with Gasteiger partial charge >= 0.3 is 12.1 Å². The average Bonchev–Trinajstić information content (AvgIpc) is 3.08. The summed E-state index contributed by atoms with van der Waals surface area (Å²) in [6.45, 7) is 6.79. The van der Waals surface area contributed by atoms with Crippen molar-refractivity contribution in [2.75, 3.05) is 4.90 Å². The maximum absolute atomic E-state index is 12.3. The van der Waals surface area contributed by atoms with Crippen LogP contribution >= 0.6 is 0 Å². The highest BCUT2D eigenvalue weighted by Crippen LogP contribution is 2.39. The number of nitrogens with one attached hydrogen (secondary N) is 1. The van der Waals surface area contributed by atoms with E-state index in [2.05, 4.69) is 10.4 Å². The van der Waals surface area contributed by atoms with Gasteiger partial charge in [-0.2, -0.15) is 5.10 Å². The number of rotatable bonds is 5. The molecule has 3 rings (SSSR count). The van der Waals surface area contributed by atoms with Gasteiger partial charge in [0.05, 0.1) is 18.3 Å². The van der Waals surface area contributed by atoms with Crippen LogP contribution in [-0.2, 0) is 20.9 Å². The second-order valence-corrected chi connectivity index (χ2v) is 7.72. The van der Waals surface area contributed by atoms with E-state index < -0.39 is 12.1 Å². The molecule has 0 aliphatic carbocycles. The van der Waals surface area contributed by atoms with Gasteiger partial charge in [0.2, 0.25) is 5.91 Å². The van der Waals surface area contributed by atoms with E-state index in [9.17, 15) is 14.4 Å². The second kappa shape index (κ2) is 8.56. The minimum absolute atomic E-state index is 0.0750. The fraction of sp³-hybridized carbons (Fsp3) is 0.429. The summed E-state index contributed by atoms with van der Waals surface area (Å²) in [5.41, 5.74) is 3.09. The van der Waals surface area contributed by atoms with E-state index in [4.69, 9.17) is 9.84 Å². The smallest absolute Gasteiger partial charge is 0.407 e. The van der Waals surface area contributed by atoms with Crippen LogP contribution in [0.3, 0.4) is 0 Å². The number of carboxylic acids is 1. The number of nitrogens with zero attached hydrogens (tertiary/aromatic N) is 3. The van der Waals surface area contributed by atoms with E-state index >= 15 is 0 Å². The van der Waals surface area contributed by atoms with Crippen molar-refractivity contribution >= 4 is 23.7 Å². The first kappa shape index (κ1) is 21.4. The average molecular weight is 414 g/mol. The highest BCUT2D eigenvalue weighted by Gasteiger charge is 2.33. The van der Waals surface area contributed by atoms with E-state index in [0.29, 0.717) is 6.42 Å². The number of amides is 2. The lowest BCUT2D eigenvalue weighted by Crippen LogP contribution is -2.45. The van der Waals surface area contributed by atoms with E-state index in [1.54, 1.807) is 31.1 Å². The van der Waals surface area contributed by atoms with Crippen molar-refractivity contribution in [1.29, 1.82) is 0 Å². The molecule has 160 valence electrons. The minimum atomic E-state index is -0.978. The van der Waals surface area contributed by atoms with Gasteiger partial charge in [0.15, 0.2) is 0 Å². The lowest BCUT2D eigenvalue weighted by atomic mass is 9.89. The Kier molecular flexibility index (Phi) is 6.09. The van der Waals surface area contributed by atoms with Crippen LogP contribution in [0, 0.1) is 0 Å². The molecule has 0 fully saturated rings. The van der Waals surface area contributed by atoms with Gasteiger partial charge in [-0.1, -0.05) is 6.07 Å². The van der Waals surface area contributed by atoms with Crippen LogP contribution in [0.15, 0.2) is 30.6 Å². The van der Waals surface area contributed by atoms with Crippen LogP contribution in [0.4, 0.5) is 10.5 Å². The van der Waals surface area contributed by atoms with Gasteiger partial charge in [0.1, 0.15) is 6.54 Å². The Morgan fingerprint density at radius 1 is 1.30 bits per heavy atom. The molecule has 0 unspecified atom stereocenters. The lowest BCUT2D eigenvalue weighted by Gasteiger charge is -2.39. The molecule has 0 spiro atoms. The van der Waals surface area contributed by atoms with Crippen molar-refractivity contribution in [3.63, 3.8) is 0 Å². The van der Waals surface area contributed by atoms with Crippen molar-refractivity contribution in [2.45, 2.75) is 58.8 Å². The monoisotopic (exact) mass is 414 g/mol. The molecule has 0 saturated heterocycles. The molecule has 9 heteroatoms. The molecule has 2 heterocycles. The number of benzene rings is 1. The standard InChI is InChI=1S/C21H26N4O5/c1-12(2)30-21(29)23-18-7-13(3)25(14(4)26)19-6-5-15(8-17(18)19)16-9-22-24(10-16)11-20(27)28/h5-6,8-10,12-13,18H,7,11H2,1-4H3,(H,23,29)(H,27,28)/t13-,18+/m0/s1. The predicted molar refractivity (Wildman–Crippen MR) is 110 cm³/mol. The molecule has 0 bridgehead atoms. The minimum Gasteiger partial charge on any atom is -0.480 e. The Morgan fingerprint density at radius 2 is 2.03 bits per heavy atom. The maximum atomic E-state index is 12.3. The summed E-state index contributed by atoms with van der Waals surface area (Å²) < 4.78 is 6.58. The van der Waals surface area contributed by atoms with Crippen LogP contribution in [0.2, 0.25) is 0 Å². The highest BCUT2D eigenvalue weighted by atomic mass is 16.6. The molecular formula is C21H26N4O5. The molecule has 2 atom stereocenters. The highest BCUT2D eigenvalue weighted by molar-refractivity contribution is 5.94. The molecule has 1 aliphatic rings. The predicted octanol–water partition coefficient (Wildman–Crippen LogP) is 2.96. The van der Waals surface area contributed by atoms with Gasteiger partial charge in [-0.15, -0.1) is 0 Å². The summed E-state index contributed by atoms with van der Waals surface area (Å²) in [7, 11) is 0.